The van der Waals surface area contributed by atoms with Gasteiger partial charge in [-0.25, -0.2) is 0 Å². The summed E-state index contributed by atoms with van der Waals surface area (Å²) < 4.78 is 10.4. The Morgan fingerprint density at radius 3 is 1.68 bits per heavy atom. The average Bonchev–Trinajstić information content (AvgIpc) is 3.08. The van der Waals surface area contributed by atoms with Crippen LogP contribution < -0.4 is 9.31 Å². The summed E-state index contributed by atoms with van der Waals surface area (Å²) in [6.45, 7) is 0. The van der Waals surface area contributed by atoms with Crippen LogP contribution in [0.15, 0.2) is 48.5 Å². The molecule has 0 saturated carbocycles. The molecule has 0 unspecified atom stereocenters. The number of benzene rings is 2. The summed E-state index contributed by atoms with van der Waals surface area (Å²) in [6, 6.07) is 15.2. The van der Waals surface area contributed by atoms with Gasteiger partial charge in [0.05, 0.1) is 22.1 Å². The van der Waals surface area contributed by atoms with Gasteiger partial charge in [0.25, 0.3) is 12.0 Å². The second-order valence-electron chi connectivity index (χ2n) is 4.66. The molecule has 7 nitrogen and oxygen atoms in total. The Morgan fingerprint density at radius 1 is 0.773 bits per heavy atom. The van der Waals surface area contributed by atoms with E-state index in [1.165, 1.54) is 0 Å². The molecule has 108 valence electrons. The van der Waals surface area contributed by atoms with Crippen molar-refractivity contribution in [3.8, 4) is 12.0 Å². The molecule has 0 aliphatic rings. The van der Waals surface area contributed by atoms with Crippen LogP contribution >= 0.6 is 0 Å². The van der Waals surface area contributed by atoms with Gasteiger partial charge in [-0.3, -0.25) is 0 Å². The van der Waals surface area contributed by atoms with Gasteiger partial charge in [0.15, 0.2) is 0 Å². The van der Waals surface area contributed by atoms with E-state index in [9.17, 15) is 5.02 Å². The summed E-state index contributed by atoms with van der Waals surface area (Å²) >= 11 is 0. The molecule has 0 aliphatic carbocycles. The largest absolute Gasteiger partial charge is 0.789 e. The summed E-state index contributed by atoms with van der Waals surface area (Å²) in [5.41, 5.74) is 3.11. The average molecular weight is 294 g/mol. The first-order valence-corrected chi connectivity index (χ1v) is 6.69. The zero-order chi connectivity index (χ0) is 14.9. The molecule has 0 saturated heterocycles. The van der Waals surface area contributed by atoms with Gasteiger partial charge in [-0.15, -0.1) is 0 Å². The smallest absolute Gasteiger partial charge is 0.473 e. The van der Waals surface area contributed by atoms with Gasteiger partial charge in [0.1, 0.15) is 0 Å². The molecular weight excluding hydrogens is 283 g/mol. The number of nitrogens with zero attached hydrogens (tertiary/aromatic N) is 2. The molecule has 2 aromatic carbocycles. The van der Waals surface area contributed by atoms with Gasteiger partial charge < -0.3 is 24.3 Å². The number of aromatic amines is 2. The van der Waals surface area contributed by atoms with E-state index in [0.29, 0.717) is 0 Å². The van der Waals surface area contributed by atoms with Crippen LogP contribution in [0.4, 0.5) is 0 Å². The maximum absolute atomic E-state index is 9.84. The van der Waals surface area contributed by atoms with Crippen molar-refractivity contribution >= 4 is 29.4 Å². The summed E-state index contributed by atoms with van der Waals surface area (Å²) in [5.74, 6) is 0. The molecule has 2 aromatic heterocycles. The van der Waals surface area contributed by atoms with E-state index in [-0.39, 0.29) is 12.0 Å². The standard InChI is InChI=1S/C14H11BN4O3/c20-15(21-13-16-9-5-1-2-6-10(9)17-13)22-14-18-11-7-3-4-8-12(11)19-14/h1-8,20H,(H,16,17)(H,18,19). The molecule has 4 aromatic rings. The molecule has 22 heavy (non-hydrogen) atoms. The Balaban J connectivity index is 1.50. The third-order valence-corrected chi connectivity index (χ3v) is 3.16. The lowest BCUT2D eigenvalue weighted by Gasteiger charge is -2.05. The van der Waals surface area contributed by atoms with Gasteiger partial charge >= 0.3 is 7.32 Å². The maximum atomic E-state index is 9.84. The van der Waals surface area contributed by atoms with Gasteiger partial charge in [-0.2, -0.15) is 9.97 Å². The molecule has 0 fully saturated rings. The lowest BCUT2D eigenvalue weighted by Crippen LogP contribution is -2.30. The first-order chi connectivity index (χ1) is 10.8. The van der Waals surface area contributed by atoms with Crippen LogP contribution in [0.2, 0.25) is 0 Å². The van der Waals surface area contributed by atoms with Crippen LogP contribution in [0.1, 0.15) is 0 Å². The van der Waals surface area contributed by atoms with Gasteiger partial charge in [-0.1, -0.05) is 24.3 Å². The molecule has 3 N–H and O–H groups in total. The monoisotopic (exact) mass is 294 g/mol. The van der Waals surface area contributed by atoms with Crippen LogP contribution in [0.3, 0.4) is 0 Å². The summed E-state index contributed by atoms with van der Waals surface area (Å²) in [5, 5.41) is 9.84. The summed E-state index contributed by atoms with van der Waals surface area (Å²) in [4.78, 5) is 14.2. The highest BCUT2D eigenvalue weighted by Crippen LogP contribution is 2.17. The van der Waals surface area contributed by atoms with Crippen molar-refractivity contribution in [3.63, 3.8) is 0 Å². The molecule has 0 spiro atoms. The number of hydrogen-bond acceptors (Lipinski definition) is 5. The van der Waals surface area contributed by atoms with E-state index < -0.39 is 7.32 Å². The number of para-hydroxylation sites is 4. The van der Waals surface area contributed by atoms with Crippen molar-refractivity contribution in [1.82, 2.24) is 19.9 Å². The number of imidazole rings is 2. The van der Waals surface area contributed by atoms with Crippen molar-refractivity contribution in [2.24, 2.45) is 0 Å². The minimum atomic E-state index is -1.53. The number of H-pyrrole nitrogens is 2. The maximum Gasteiger partial charge on any atom is 0.789 e. The lowest BCUT2D eigenvalue weighted by molar-refractivity contribution is 0.281. The second kappa shape index (κ2) is 5.08. The molecule has 0 atom stereocenters. The van der Waals surface area contributed by atoms with Crippen LogP contribution in [0, 0.1) is 0 Å². The fourth-order valence-electron chi connectivity index (χ4n) is 2.19. The Bertz CT molecular complexity index is 794. The zero-order valence-corrected chi connectivity index (χ0v) is 11.4. The SMILES string of the molecule is OB(Oc1nc2ccccc2[nH]1)Oc1nc2ccccc2[nH]1. The van der Waals surface area contributed by atoms with E-state index in [2.05, 4.69) is 19.9 Å². The lowest BCUT2D eigenvalue weighted by atomic mass is 10.2. The van der Waals surface area contributed by atoms with Crippen LogP contribution in [-0.2, 0) is 0 Å². The van der Waals surface area contributed by atoms with Crippen molar-refractivity contribution in [1.29, 1.82) is 0 Å². The Hall–Kier alpha value is -3.00. The van der Waals surface area contributed by atoms with Crippen LogP contribution in [-0.4, -0.2) is 32.3 Å². The molecule has 0 radical (unpaired) electrons. The van der Waals surface area contributed by atoms with Crippen LogP contribution in [0.5, 0.6) is 12.0 Å². The highest BCUT2D eigenvalue weighted by atomic mass is 16.7. The predicted octanol–water partition coefficient (Wildman–Crippen LogP) is 1.87. The number of nitrogens with one attached hydrogen (secondary N) is 2. The first-order valence-electron chi connectivity index (χ1n) is 6.69. The Kier molecular flexibility index (Phi) is 2.94. The fraction of sp³-hybridized carbons (Fsp3) is 0. The van der Waals surface area contributed by atoms with Gasteiger partial charge in [0, 0.05) is 0 Å². The van der Waals surface area contributed by atoms with Crippen molar-refractivity contribution < 1.29 is 14.3 Å². The molecule has 0 aliphatic heterocycles. The van der Waals surface area contributed by atoms with Crippen LogP contribution in [0.25, 0.3) is 22.1 Å². The third-order valence-electron chi connectivity index (χ3n) is 3.16. The normalized spacial score (nSPS) is 11.0. The Labute approximate surface area is 125 Å². The molecule has 2 heterocycles. The highest BCUT2D eigenvalue weighted by molar-refractivity contribution is 6.36. The van der Waals surface area contributed by atoms with Crippen molar-refractivity contribution in [2.45, 2.75) is 0 Å². The molecular formula is C14H11BN4O3. The van der Waals surface area contributed by atoms with Crippen molar-refractivity contribution in [2.75, 3.05) is 0 Å². The number of hydrogen-bond donors (Lipinski definition) is 3. The van der Waals surface area contributed by atoms with E-state index in [1.807, 2.05) is 48.5 Å². The highest BCUT2D eigenvalue weighted by Gasteiger charge is 2.24. The third kappa shape index (κ3) is 2.36. The minimum Gasteiger partial charge on any atom is -0.473 e. The Morgan fingerprint density at radius 2 is 1.23 bits per heavy atom. The topological polar surface area (TPSA) is 96.1 Å². The first kappa shape index (κ1) is 12.7. The van der Waals surface area contributed by atoms with Crippen molar-refractivity contribution in [3.05, 3.63) is 48.5 Å². The van der Waals surface area contributed by atoms with E-state index in [0.717, 1.165) is 22.1 Å². The van der Waals surface area contributed by atoms with Gasteiger partial charge in [-0.05, 0) is 24.3 Å². The second-order valence-corrected chi connectivity index (χ2v) is 4.66. The number of rotatable bonds is 4. The summed E-state index contributed by atoms with van der Waals surface area (Å²) in [6.07, 6.45) is 0. The quantitative estimate of drug-likeness (QED) is 0.499. The molecule has 8 heteroatoms. The number of fused-ring (bicyclic) bond motifs is 2. The molecule has 0 bridgehead atoms. The molecule has 4 rings (SSSR count). The summed E-state index contributed by atoms with van der Waals surface area (Å²) in [7, 11) is -1.53. The fourth-order valence-corrected chi connectivity index (χ4v) is 2.19. The van der Waals surface area contributed by atoms with E-state index in [4.69, 9.17) is 9.31 Å². The van der Waals surface area contributed by atoms with Gasteiger partial charge in [0.2, 0.25) is 0 Å². The van der Waals surface area contributed by atoms with E-state index in [1.54, 1.807) is 0 Å². The van der Waals surface area contributed by atoms with E-state index >= 15 is 0 Å². The number of aromatic nitrogens is 4. The predicted molar refractivity (Wildman–Crippen MR) is 81.4 cm³/mol. The molecule has 0 amide bonds. The zero-order valence-electron chi connectivity index (χ0n) is 11.4. The minimum absolute atomic E-state index is 0.171.